The van der Waals surface area contributed by atoms with Crippen LogP contribution in [0.25, 0.3) is 0 Å². The van der Waals surface area contributed by atoms with Crippen molar-refractivity contribution in [3.8, 4) is 0 Å². The second-order valence-corrected chi connectivity index (χ2v) is 5.45. The Kier molecular flexibility index (Phi) is 5.56. The maximum absolute atomic E-state index is 4.63. The monoisotopic (exact) mass is 249 g/mol. The lowest BCUT2D eigenvalue weighted by molar-refractivity contribution is 0.665. The molecule has 2 N–H and O–H groups in total. The molecular weight excluding hydrogens is 222 g/mol. The molecule has 2 aliphatic rings. The normalized spacial score (nSPS) is 20.5. The van der Waals surface area contributed by atoms with Gasteiger partial charge in [-0.15, -0.1) is 0 Å². The maximum Gasteiger partial charge on any atom is 0.191 e. The van der Waals surface area contributed by atoms with E-state index in [2.05, 4.69) is 28.6 Å². The topological polar surface area (TPSA) is 36.4 Å². The van der Waals surface area contributed by atoms with Crippen molar-refractivity contribution in [1.82, 2.24) is 10.6 Å². The molecule has 0 aromatic carbocycles. The van der Waals surface area contributed by atoms with E-state index in [-0.39, 0.29) is 0 Å². The van der Waals surface area contributed by atoms with Gasteiger partial charge in [0.1, 0.15) is 0 Å². The van der Waals surface area contributed by atoms with Crippen LogP contribution < -0.4 is 10.6 Å². The minimum absolute atomic E-state index is 0.863. The van der Waals surface area contributed by atoms with Gasteiger partial charge in [0.25, 0.3) is 0 Å². The van der Waals surface area contributed by atoms with E-state index in [4.69, 9.17) is 0 Å². The third-order valence-electron chi connectivity index (χ3n) is 3.67. The van der Waals surface area contributed by atoms with Gasteiger partial charge in [-0.3, -0.25) is 4.99 Å². The second kappa shape index (κ2) is 7.45. The number of rotatable bonds is 6. The van der Waals surface area contributed by atoms with Crippen LogP contribution >= 0.6 is 0 Å². The van der Waals surface area contributed by atoms with Crippen LogP contribution in [0, 0.1) is 5.92 Å². The Morgan fingerprint density at radius 1 is 1.33 bits per heavy atom. The van der Waals surface area contributed by atoms with Gasteiger partial charge in [-0.05, 0) is 57.8 Å². The van der Waals surface area contributed by atoms with Crippen molar-refractivity contribution in [2.24, 2.45) is 10.9 Å². The van der Waals surface area contributed by atoms with Crippen LogP contribution in [-0.2, 0) is 0 Å². The number of nitrogens with one attached hydrogen (secondary N) is 2. The lowest BCUT2D eigenvalue weighted by Gasteiger charge is -2.15. The Labute approximate surface area is 111 Å². The van der Waals surface area contributed by atoms with Gasteiger partial charge in [0.05, 0.1) is 0 Å². The molecule has 2 aliphatic carbocycles. The number of aliphatic imine (C=N–C) groups is 1. The molecule has 18 heavy (non-hydrogen) atoms. The van der Waals surface area contributed by atoms with Gasteiger partial charge in [0.15, 0.2) is 5.96 Å². The van der Waals surface area contributed by atoms with E-state index in [0.29, 0.717) is 0 Å². The molecule has 102 valence electrons. The zero-order valence-corrected chi connectivity index (χ0v) is 11.7. The number of allylic oxidation sites excluding steroid dienone is 1. The number of hydrogen-bond acceptors (Lipinski definition) is 1. The summed E-state index contributed by atoms with van der Waals surface area (Å²) in [5.41, 5.74) is 1.63. The van der Waals surface area contributed by atoms with E-state index < -0.39 is 0 Å². The van der Waals surface area contributed by atoms with Crippen molar-refractivity contribution in [2.75, 3.05) is 19.6 Å². The predicted molar refractivity (Wildman–Crippen MR) is 77.9 cm³/mol. The number of hydrogen-bond donors (Lipinski definition) is 2. The summed E-state index contributed by atoms with van der Waals surface area (Å²) in [4.78, 5) is 4.63. The van der Waals surface area contributed by atoms with Crippen molar-refractivity contribution in [2.45, 2.75) is 51.9 Å². The van der Waals surface area contributed by atoms with Gasteiger partial charge < -0.3 is 10.6 Å². The molecule has 0 unspecified atom stereocenters. The zero-order valence-electron chi connectivity index (χ0n) is 11.7. The molecule has 0 aliphatic heterocycles. The molecule has 0 atom stereocenters. The Balaban J connectivity index is 1.67. The van der Waals surface area contributed by atoms with Crippen LogP contribution in [0.1, 0.15) is 51.9 Å². The van der Waals surface area contributed by atoms with Crippen molar-refractivity contribution in [3.63, 3.8) is 0 Å². The lowest BCUT2D eigenvalue weighted by Crippen LogP contribution is -2.38. The Morgan fingerprint density at radius 3 is 2.89 bits per heavy atom. The van der Waals surface area contributed by atoms with Crippen LogP contribution in [0.3, 0.4) is 0 Å². The third-order valence-corrected chi connectivity index (χ3v) is 3.67. The van der Waals surface area contributed by atoms with Gasteiger partial charge in [-0.2, -0.15) is 0 Å². The Morgan fingerprint density at radius 2 is 2.22 bits per heavy atom. The van der Waals surface area contributed by atoms with Crippen LogP contribution in [0.15, 0.2) is 16.6 Å². The zero-order chi connectivity index (χ0) is 12.6. The van der Waals surface area contributed by atoms with Crippen molar-refractivity contribution in [1.29, 1.82) is 0 Å². The standard InChI is InChI=1S/C15H27N3/c1-2-16-15(18-12-14-8-9-14)17-11-10-13-6-4-3-5-7-13/h6,14H,2-5,7-12H2,1H3,(H2,16,17,18). The highest BCUT2D eigenvalue weighted by molar-refractivity contribution is 5.79. The molecule has 0 radical (unpaired) electrons. The summed E-state index contributed by atoms with van der Waals surface area (Å²) >= 11 is 0. The maximum atomic E-state index is 4.63. The molecule has 0 saturated heterocycles. The lowest BCUT2D eigenvalue weighted by atomic mass is 9.97. The minimum Gasteiger partial charge on any atom is -0.357 e. The molecule has 0 heterocycles. The summed E-state index contributed by atoms with van der Waals surface area (Å²) in [7, 11) is 0. The molecular formula is C15H27N3. The fourth-order valence-corrected chi connectivity index (χ4v) is 2.34. The van der Waals surface area contributed by atoms with Gasteiger partial charge in [-0.1, -0.05) is 11.6 Å². The van der Waals surface area contributed by atoms with Gasteiger partial charge in [0, 0.05) is 19.6 Å². The molecule has 0 aromatic heterocycles. The molecule has 0 bridgehead atoms. The smallest absolute Gasteiger partial charge is 0.191 e. The largest absolute Gasteiger partial charge is 0.357 e. The average Bonchev–Trinajstić information content (AvgIpc) is 3.21. The minimum atomic E-state index is 0.863. The number of nitrogens with zero attached hydrogens (tertiary/aromatic N) is 1. The molecule has 0 spiro atoms. The summed E-state index contributed by atoms with van der Waals surface area (Å²) in [5, 5.41) is 6.77. The summed E-state index contributed by atoms with van der Waals surface area (Å²) in [6, 6.07) is 0. The summed E-state index contributed by atoms with van der Waals surface area (Å²) in [6.07, 6.45) is 11.7. The molecule has 3 heteroatoms. The molecule has 0 aromatic rings. The summed E-state index contributed by atoms with van der Waals surface area (Å²) in [6.45, 7) is 5.08. The first kappa shape index (κ1) is 13.4. The van der Waals surface area contributed by atoms with E-state index in [0.717, 1.165) is 31.5 Å². The molecule has 3 nitrogen and oxygen atoms in total. The van der Waals surface area contributed by atoms with Gasteiger partial charge in [-0.25, -0.2) is 0 Å². The van der Waals surface area contributed by atoms with E-state index in [1.54, 1.807) is 5.57 Å². The SMILES string of the molecule is CCNC(=NCC1CC1)NCCC1=CCCCC1. The highest BCUT2D eigenvalue weighted by atomic mass is 15.2. The van der Waals surface area contributed by atoms with Crippen LogP contribution in [0.2, 0.25) is 0 Å². The first-order valence-electron chi connectivity index (χ1n) is 7.58. The van der Waals surface area contributed by atoms with Crippen molar-refractivity contribution < 1.29 is 0 Å². The quantitative estimate of drug-likeness (QED) is 0.431. The summed E-state index contributed by atoms with van der Waals surface area (Å²) < 4.78 is 0. The summed E-state index contributed by atoms with van der Waals surface area (Å²) in [5.74, 6) is 1.86. The number of guanidine groups is 1. The highest BCUT2D eigenvalue weighted by Gasteiger charge is 2.20. The van der Waals surface area contributed by atoms with Crippen molar-refractivity contribution >= 4 is 5.96 Å². The molecule has 1 saturated carbocycles. The average molecular weight is 249 g/mol. The third kappa shape index (κ3) is 5.11. The fraction of sp³-hybridized carbons (Fsp3) is 0.800. The predicted octanol–water partition coefficient (Wildman–Crippen LogP) is 2.84. The van der Waals surface area contributed by atoms with Gasteiger partial charge >= 0.3 is 0 Å². The fourth-order valence-electron chi connectivity index (χ4n) is 2.34. The molecule has 0 amide bonds. The highest BCUT2D eigenvalue weighted by Crippen LogP contribution is 2.28. The van der Waals surface area contributed by atoms with E-state index >= 15 is 0 Å². The first-order valence-corrected chi connectivity index (χ1v) is 7.58. The first-order chi connectivity index (χ1) is 8.88. The van der Waals surface area contributed by atoms with Crippen LogP contribution in [0.4, 0.5) is 0 Å². The Bertz CT molecular complexity index is 303. The van der Waals surface area contributed by atoms with Crippen LogP contribution in [-0.4, -0.2) is 25.6 Å². The van der Waals surface area contributed by atoms with Gasteiger partial charge in [0.2, 0.25) is 0 Å². The van der Waals surface area contributed by atoms with Crippen LogP contribution in [0.5, 0.6) is 0 Å². The molecule has 1 fully saturated rings. The second-order valence-electron chi connectivity index (χ2n) is 5.45. The van der Waals surface area contributed by atoms with E-state index in [1.807, 2.05) is 0 Å². The van der Waals surface area contributed by atoms with Crippen molar-refractivity contribution in [3.05, 3.63) is 11.6 Å². The van der Waals surface area contributed by atoms with E-state index in [1.165, 1.54) is 44.9 Å². The Hall–Kier alpha value is -0.990. The van der Waals surface area contributed by atoms with E-state index in [9.17, 15) is 0 Å². The molecule has 2 rings (SSSR count).